The van der Waals surface area contributed by atoms with E-state index in [2.05, 4.69) is 74.1 Å². The maximum atomic E-state index is 15.0. The number of hydrogen-bond donors (Lipinski definition) is 17. The number of aromatic nitrogens is 1. The number of benzene rings is 2. The fourth-order valence-electron chi connectivity index (χ4n) is 10.4. The van der Waals surface area contributed by atoms with E-state index in [0.29, 0.717) is 67.0 Å². The third-order valence-electron chi connectivity index (χ3n) is 15.6. The van der Waals surface area contributed by atoms with Crippen LogP contribution < -0.4 is 80.6 Å². The molecule has 13 amide bonds. The van der Waals surface area contributed by atoms with Crippen molar-refractivity contribution < 1.29 is 67.4 Å². The quantitative estimate of drug-likeness (QED) is 0.0719. The Balaban J connectivity index is 1.50. The molecule has 1 unspecified atom stereocenters. The Kier molecular flexibility index (Phi) is 27.4. The summed E-state index contributed by atoms with van der Waals surface area (Å²) in [6, 6.07) is -1.10. The third kappa shape index (κ3) is 21.6. The molecule has 4 heterocycles. The van der Waals surface area contributed by atoms with Crippen LogP contribution in [0.2, 0.25) is 0 Å². The molecular formula is C60H86N16O14. The molecule has 11 atom stereocenters. The Hall–Kier alpha value is -9.03. The molecule has 0 aliphatic carbocycles. The largest absolute Gasteiger partial charge is 0.391 e. The molecule has 4 bridgehead atoms. The van der Waals surface area contributed by atoms with Gasteiger partial charge < -0.3 is 90.7 Å². The summed E-state index contributed by atoms with van der Waals surface area (Å²) in [5.74, 6) is -12.9. The van der Waals surface area contributed by atoms with E-state index in [0.717, 1.165) is 6.92 Å². The van der Waals surface area contributed by atoms with Crippen LogP contribution in [0.25, 0.3) is 10.9 Å². The number of carbonyl (C=O) groups is 13. The normalized spacial score (nSPS) is 26.3. The predicted molar refractivity (Wildman–Crippen MR) is 326 cm³/mol. The number of carbonyl (C=O) groups excluding carboxylic acids is 13. The molecular weight excluding hydrogens is 1170 g/mol. The first-order valence-corrected chi connectivity index (χ1v) is 30.6. The molecule has 3 fully saturated rings. The lowest BCUT2D eigenvalue weighted by atomic mass is 10.0. The first kappa shape index (κ1) is 70.1. The van der Waals surface area contributed by atoms with Crippen molar-refractivity contribution in [3.05, 3.63) is 71.9 Å². The number of nitrogens with one attached hydrogen (secondary N) is 14. The highest BCUT2D eigenvalue weighted by atomic mass is 16.3. The van der Waals surface area contributed by atoms with E-state index in [9.17, 15) is 57.8 Å². The molecule has 3 aliphatic rings. The van der Waals surface area contributed by atoms with Gasteiger partial charge in [-0.05, 0) is 95.5 Å². The second-order valence-corrected chi connectivity index (χ2v) is 22.8. The topological polar surface area (TPSA) is 466 Å². The molecule has 0 radical (unpaired) electrons. The molecule has 2 aromatic carbocycles. The standard InChI is InChI=1S/C60H86N16O14/c1-33-51(81)63-25-15-4-3-8-22-47(78)68-39(20-11-13-23-61)52(82)74-45-31-65-48(79)28-43(54(84)67-33)72-59(89)46-32-66-49(80)29-44(73-58(45)88)57(87)70-41(26-35-16-6-5-7-17-35)55(85)71-42(27-36-30-64-38-19-10-9-18-37(36)38)56(86)69-40(21-12-14-24-62)53(83)76-50(34(2)77)60(90)75-46/h5-7,9-10,16-19,30,33-34,39-46,50,64,77H,3-4,8,11-15,20-29,31-32,61-62H2,1-2H3,(H,63,81)(H,65,79)(H,66,80)(H,67,84)(H,68,78)(H,69,86)(H,70,87)(H,71,85)(H,72,89)(H,73,88)(H,74,82)(H,75,90)(H,76,83)/t33-,34-,39?,40-,41-,42-,43+,44-,45-,46-,50-/m0/s1. The van der Waals surface area contributed by atoms with Gasteiger partial charge in [0.2, 0.25) is 76.8 Å². The van der Waals surface area contributed by atoms with Gasteiger partial charge in [-0.1, -0.05) is 61.4 Å². The average Bonchev–Trinajstić information content (AvgIpc) is 3.17. The summed E-state index contributed by atoms with van der Waals surface area (Å²) in [5.41, 5.74) is 13.3. The number of aliphatic hydroxyl groups excluding tert-OH is 1. The third-order valence-corrected chi connectivity index (χ3v) is 15.6. The van der Waals surface area contributed by atoms with E-state index in [1.807, 2.05) is 0 Å². The zero-order valence-electron chi connectivity index (χ0n) is 50.7. The van der Waals surface area contributed by atoms with Crippen LogP contribution in [-0.4, -0.2) is 186 Å². The molecule has 30 nitrogen and oxygen atoms in total. The molecule has 490 valence electrons. The zero-order chi connectivity index (χ0) is 65.3. The number of H-pyrrole nitrogens is 1. The van der Waals surface area contributed by atoms with E-state index in [4.69, 9.17) is 11.5 Å². The highest BCUT2D eigenvalue weighted by molar-refractivity contribution is 6.01. The molecule has 3 aliphatic heterocycles. The number of nitrogens with two attached hydrogens (primary N) is 2. The van der Waals surface area contributed by atoms with Crippen LogP contribution in [0.5, 0.6) is 0 Å². The summed E-state index contributed by atoms with van der Waals surface area (Å²) in [7, 11) is 0. The van der Waals surface area contributed by atoms with Crippen molar-refractivity contribution in [2.75, 3.05) is 32.7 Å². The number of unbranched alkanes of at least 4 members (excludes halogenated alkanes) is 2. The van der Waals surface area contributed by atoms with Crippen LogP contribution in [0.3, 0.4) is 0 Å². The number of fused-ring (bicyclic) bond motifs is 11. The van der Waals surface area contributed by atoms with E-state index in [-0.39, 0.29) is 58.2 Å². The van der Waals surface area contributed by atoms with Gasteiger partial charge in [-0.15, -0.1) is 0 Å². The predicted octanol–water partition coefficient (Wildman–Crippen LogP) is -4.42. The van der Waals surface area contributed by atoms with Crippen LogP contribution in [0, 0.1) is 0 Å². The minimum absolute atomic E-state index is 0.0116. The molecule has 0 saturated carbocycles. The fourth-order valence-corrected chi connectivity index (χ4v) is 10.4. The van der Waals surface area contributed by atoms with Crippen LogP contribution in [0.15, 0.2) is 60.8 Å². The zero-order valence-corrected chi connectivity index (χ0v) is 50.7. The molecule has 0 spiro atoms. The van der Waals surface area contributed by atoms with E-state index >= 15 is 9.59 Å². The molecule has 1 aromatic heterocycles. The number of aliphatic hydroxyl groups is 1. The van der Waals surface area contributed by atoms with Crippen molar-refractivity contribution in [2.24, 2.45) is 11.5 Å². The van der Waals surface area contributed by atoms with Gasteiger partial charge >= 0.3 is 0 Å². The minimum Gasteiger partial charge on any atom is -0.391 e. The molecule has 90 heavy (non-hydrogen) atoms. The maximum absolute atomic E-state index is 15.0. The number of amides is 13. The summed E-state index contributed by atoms with van der Waals surface area (Å²) in [5, 5.41) is 45.0. The van der Waals surface area contributed by atoms with Crippen molar-refractivity contribution in [1.29, 1.82) is 0 Å². The van der Waals surface area contributed by atoms with Gasteiger partial charge in [0.15, 0.2) is 0 Å². The summed E-state index contributed by atoms with van der Waals surface area (Å²) >= 11 is 0. The van der Waals surface area contributed by atoms with Crippen molar-refractivity contribution in [1.82, 2.24) is 74.1 Å². The summed E-state index contributed by atoms with van der Waals surface area (Å²) < 4.78 is 0. The number of para-hydroxylation sites is 1. The first-order valence-electron chi connectivity index (χ1n) is 30.6. The lowest BCUT2D eigenvalue weighted by Crippen LogP contribution is -2.64. The average molecular weight is 1260 g/mol. The first-order chi connectivity index (χ1) is 43.1. The maximum Gasteiger partial charge on any atom is 0.245 e. The van der Waals surface area contributed by atoms with E-state index in [1.165, 1.54) is 6.92 Å². The number of hydrogen-bond acceptors (Lipinski definition) is 16. The molecule has 30 heteroatoms. The Morgan fingerprint density at radius 3 is 1.57 bits per heavy atom. The van der Waals surface area contributed by atoms with Crippen molar-refractivity contribution in [3.8, 4) is 0 Å². The number of rotatable bonds is 13. The van der Waals surface area contributed by atoms with E-state index < -0.39 is 169 Å². The minimum atomic E-state index is -1.97. The van der Waals surface area contributed by atoms with Crippen LogP contribution in [0.4, 0.5) is 0 Å². The lowest BCUT2D eigenvalue weighted by molar-refractivity contribution is -0.138. The smallest absolute Gasteiger partial charge is 0.245 e. The Morgan fingerprint density at radius 2 is 0.956 bits per heavy atom. The Labute approximate surface area is 520 Å². The van der Waals surface area contributed by atoms with Gasteiger partial charge in [0.25, 0.3) is 0 Å². The van der Waals surface area contributed by atoms with E-state index in [1.54, 1.807) is 60.8 Å². The number of aromatic amines is 1. The van der Waals surface area contributed by atoms with Crippen molar-refractivity contribution in [3.63, 3.8) is 0 Å². The van der Waals surface area contributed by atoms with Crippen molar-refractivity contribution in [2.45, 2.75) is 177 Å². The fraction of sp³-hybridized carbons (Fsp3) is 0.550. The monoisotopic (exact) mass is 1250 g/mol. The van der Waals surface area contributed by atoms with Gasteiger partial charge in [0.05, 0.1) is 18.9 Å². The highest BCUT2D eigenvalue weighted by Gasteiger charge is 2.39. The molecule has 3 aromatic rings. The van der Waals surface area contributed by atoms with Gasteiger partial charge in [-0.25, -0.2) is 0 Å². The second kappa shape index (κ2) is 35.2. The summed E-state index contributed by atoms with van der Waals surface area (Å²) in [6.45, 7) is 1.44. The van der Waals surface area contributed by atoms with Crippen LogP contribution >= 0.6 is 0 Å². The second-order valence-electron chi connectivity index (χ2n) is 22.8. The molecule has 19 N–H and O–H groups in total. The lowest BCUT2D eigenvalue weighted by Gasteiger charge is -2.30. The van der Waals surface area contributed by atoms with Gasteiger partial charge in [-0.2, -0.15) is 0 Å². The highest BCUT2D eigenvalue weighted by Crippen LogP contribution is 2.20. The Bertz CT molecular complexity index is 3030. The Morgan fingerprint density at radius 1 is 0.467 bits per heavy atom. The summed E-state index contributed by atoms with van der Waals surface area (Å²) in [4.78, 5) is 190. The van der Waals surface area contributed by atoms with Gasteiger partial charge in [0, 0.05) is 56.0 Å². The van der Waals surface area contributed by atoms with Crippen LogP contribution in [0.1, 0.15) is 108 Å². The molecule has 3 saturated heterocycles. The van der Waals surface area contributed by atoms with Gasteiger partial charge in [0.1, 0.15) is 60.4 Å². The van der Waals surface area contributed by atoms with Crippen molar-refractivity contribution >= 4 is 87.7 Å². The van der Waals surface area contributed by atoms with Gasteiger partial charge in [-0.3, -0.25) is 62.3 Å². The SMILES string of the molecule is C[C@@H]1NC(=O)[C@H]2CC(=O)NC[C@H](NC(=O)C(CCCCN)NC(=O)CCCCCCNC1=O)C(=O)N[C@H]1CC(=O)NC[C@H](NC(=O)[C@H]([C@H](C)O)NC(=O)[C@H](CCCCN)NC(=O)[C@H](Cc3c[nH]c4ccccc34)NC(=O)[C@H](Cc3ccccc3)NC1=O)C(=O)N2. The van der Waals surface area contributed by atoms with Crippen LogP contribution in [-0.2, 0) is 75.2 Å². The molecule has 6 rings (SSSR count). The summed E-state index contributed by atoms with van der Waals surface area (Å²) in [6.07, 6.45) is 0.964.